The maximum atomic E-state index is 12.4. The van der Waals surface area contributed by atoms with Crippen LogP contribution in [0, 0.1) is 6.92 Å². The number of nitrogens with one attached hydrogen (secondary N) is 2. The second-order valence-electron chi connectivity index (χ2n) is 4.60. The van der Waals surface area contributed by atoms with Crippen LogP contribution in [0.1, 0.15) is 25.6 Å². The van der Waals surface area contributed by atoms with Crippen LogP contribution in [0.2, 0.25) is 0 Å². The molecule has 0 atom stereocenters. The molecule has 21 heavy (non-hydrogen) atoms. The van der Waals surface area contributed by atoms with Crippen LogP contribution >= 0.6 is 11.3 Å². The zero-order valence-corrected chi connectivity index (χ0v) is 12.0. The Morgan fingerprint density at radius 1 is 1.24 bits per heavy atom. The molecule has 0 radical (unpaired) electrons. The Morgan fingerprint density at radius 3 is 2.81 bits per heavy atom. The van der Waals surface area contributed by atoms with Gasteiger partial charge in [0.05, 0.1) is 5.56 Å². The summed E-state index contributed by atoms with van der Waals surface area (Å²) in [6.45, 7) is 1.81. The average molecular weight is 300 g/mol. The second-order valence-corrected chi connectivity index (χ2v) is 5.86. The predicted molar refractivity (Wildman–Crippen MR) is 82.3 cm³/mol. The molecule has 0 bridgehead atoms. The minimum atomic E-state index is -1.05. The molecule has 1 amide bonds. The number of carboxylic acid groups (broad SMARTS) is 1. The quantitative estimate of drug-likeness (QED) is 0.692. The second kappa shape index (κ2) is 5.06. The minimum Gasteiger partial charge on any atom is -0.478 e. The predicted octanol–water partition coefficient (Wildman–Crippen LogP) is 3.49. The van der Waals surface area contributed by atoms with Crippen LogP contribution in [0.3, 0.4) is 0 Å². The summed E-state index contributed by atoms with van der Waals surface area (Å²) in [5, 5.41) is 13.0. The molecule has 0 spiro atoms. The van der Waals surface area contributed by atoms with Crippen molar-refractivity contribution in [2.24, 2.45) is 0 Å². The van der Waals surface area contributed by atoms with Gasteiger partial charge in [0.1, 0.15) is 5.00 Å². The molecule has 0 fully saturated rings. The van der Waals surface area contributed by atoms with Gasteiger partial charge in [-0.2, -0.15) is 0 Å². The van der Waals surface area contributed by atoms with Gasteiger partial charge in [-0.05, 0) is 31.2 Å². The maximum Gasteiger partial charge on any atom is 0.338 e. The van der Waals surface area contributed by atoms with E-state index in [4.69, 9.17) is 5.11 Å². The van der Waals surface area contributed by atoms with Crippen LogP contribution in [-0.4, -0.2) is 22.0 Å². The van der Waals surface area contributed by atoms with Crippen LogP contribution in [-0.2, 0) is 0 Å². The van der Waals surface area contributed by atoms with E-state index in [1.165, 1.54) is 11.3 Å². The van der Waals surface area contributed by atoms with Crippen molar-refractivity contribution < 1.29 is 14.7 Å². The number of hydrogen-bond donors (Lipinski definition) is 3. The Bertz CT molecular complexity index is 848. The number of aryl methyl sites for hydroxylation is 1. The highest BCUT2D eigenvalue weighted by Gasteiger charge is 2.18. The van der Waals surface area contributed by atoms with E-state index >= 15 is 0 Å². The van der Waals surface area contributed by atoms with Gasteiger partial charge in [-0.1, -0.05) is 6.07 Å². The summed E-state index contributed by atoms with van der Waals surface area (Å²) in [7, 11) is 0. The fourth-order valence-electron chi connectivity index (χ4n) is 2.22. The molecule has 0 aliphatic heterocycles. The molecular weight excluding hydrogens is 288 g/mol. The molecule has 3 N–H and O–H groups in total. The number of benzene rings is 1. The molecule has 0 saturated carbocycles. The van der Waals surface area contributed by atoms with Crippen LogP contribution in [0.5, 0.6) is 0 Å². The minimum absolute atomic E-state index is 0.118. The number of aromatic nitrogens is 1. The number of carbonyl (C=O) groups excluding carboxylic acids is 1. The summed E-state index contributed by atoms with van der Waals surface area (Å²) in [6, 6.07) is 8.75. The number of thiophene rings is 1. The Hall–Kier alpha value is -2.60. The summed E-state index contributed by atoms with van der Waals surface area (Å²) in [4.78, 5) is 27.4. The van der Waals surface area contributed by atoms with Crippen LogP contribution in [0.25, 0.3) is 10.9 Å². The van der Waals surface area contributed by atoms with Crippen molar-refractivity contribution in [1.29, 1.82) is 0 Å². The summed E-state index contributed by atoms with van der Waals surface area (Å²) in [5.74, 6) is -1.36. The van der Waals surface area contributed by atoms with Gasteiger partial charge in [0.15, 0.2) is 0 Å². The first-order chi connectivity index (χ1) is 10.1. The lowest BCUT2D eigenvalue weighted by atomic mass is 10.1. The van der Waals surface area contributed by atoms with Gasteiger partial charge in [0, 0.05) is 27.5 Å². The van der Waals surface area contributed by atoms with E-state index in [0.717, 1.165) is 15.8 Å². The van der Waals surface area contributed by atoms with E-state index in [2.05, 4.69) is 10.3 Å². The molecule has 1 aromatic carbocycles. The van der Waals surface area contributed by atoms with E-state index in [0.29, 0.717) is 10.6 Å². The third kappa shape index (κ3) is 2.41. The molecule has 0 unspecified atom stereocenters. The lowest BCUT2D eigenvalue weighted by molar-refractivity contribution is 0.0698. The van der Waals surface area contributed by atoms with Gasteiger partial charge >= 0.3 is 5.97 Å². The smallest absolute Gasteiger partial charge is 0.338 e. The first kappa shape index (κ1) is 13.4. The Kier molecular flexibility index (Phi) is 3.23. The van der Waals surface area contributed by atoms with Gasteiger partial charge in [0.2, 0.25) is 0 Å². The molecule has 106 valence electrons. The first-order valence-corrected chi connectivity index (χ1v) is 7.09. The van der Waals surface area contributed by atoms with Crippen molar-refractivity contribution in [3.8, 4) is 0 Å². The van der Waals surface area contributed by atoms with Crippen molar-refractivity contribution in [1.82, 2.24) is 4.98 Å². The normalized spacial score (nSPS) is 10.7. The van der Waals surface area contributed by atoms with E-state index < -0.39 is 5.97 Å². The van der Waals surface area contributed by atoms with Gasteiger partial charge in [-0.15, -0.1) is 11.3 Å². The van der Waals surface area contributed by atoms with Crippen LogP contribution in [0.4, 0.5) is 5.00 Å². The zero-order valence-electron chi connectivity index (χ0n) is 11.1. The maximum absolute atomic E-state index is 12.4. The van der Waals surface area contributed by atoms with Crippen molar-refractivity contribution in [3.05, 3.63) is 52.5 Å². The largest absolute Gasteiger partial charge is 0.478 e. The van der Waals surface area contributed by atoms with Gasteiger partial charge in [-0.3, -0.25) is 4.79 Å². The Balaban J connectivity index is 1.97. The van der Waals surface area contributed by atoms with Crippen molar-refractivity contribution in [2.75, 3.05) is 5.32 Å². The lowest BCUT2D eigenvalue weighted by Crippen LogP contribution is -2.13. The topological polar surface area (TPSA) is 82.2 Å². The molecule has 3 rings (SSSR count). The fourth-order valence-corrected chi connectivity index (χ4v) is 3.12. The lowest BCUT2D eigenvalue weighted by Gasteiger charge is -2.05. The molecule has 3 aromatic rings. The average Bonchev–Trinajstić information content (AvgIpc) is 3.04. The van der Waals surface area contributed by atoms with Gasteiger partial charge < -0.3 is 15.4 Å². The summed E-state index contributed by atoms with van der Waals surface area (Å²) in [6.07, 6.45) is 1.76. The number of aromatic carboxylic acids is 1. The standard InChI is InChI=1S/C15H12N2O3S/c1-8-7-11(15(19)20)14(21-8)17-13(18)10-3-2-4-12-9(10)5-6-16-12/h2-7,16H,1H3,(H,17,18)(H,19,20). The summed E-state index contributed by atoms with van der Waals surface area (Å²) >= 11 is 1.25. The molecule has 0 saturated heterocycles. The highest BCUT2D eigenvalue weighted by Crippen LogP contribution is 2.28. The molecule has 5 nitrogen and oxygen atoms in total. The zero-order chi connectivity index (χ0) is 15.0. The number of H-pyrrole nitrogens is 1. The summed E-state index contributed by atoms with van der Waals surface area (Å²) < 4.78 is 0. The molecule has 0 aliphatic rings. The SMILES string of the molecule is Cc1cc(C(=O)O)c(NC(=O)c2cccc3[nH]ccc23)s1. The number of anilines is 1. The summed E-state index contributed by atoms with van der Waals surface area (Å²) in [5.41, 5.74) is 1.49. The number of carbonyl (C=O) groups is 2. The number of rotatable bonds is 3. The first-order valence-electron chi connectivity index (χ1n) is 6.27. The van der Waals surface area contributed by atoms with Crippen molar-refractivity contribution in [3.63, 3.8) is 0 Å². The van der Waals surface area contributed by atoms with Crippen LogP contribution < -0.4 is 5.32 Å². The third-order valence-corrected chi connectivity index (χ3v) is 4.12. The van der Waals surface area contributed by atoms with Gasteiger partial charge in [-0.25, -0.2) is 4.79 Å². The van der Waals surface area contributed by atoms with Crippen molar-refractivity contribution >= 4 is 39.1 Å². The monoisotopic (exact) mass is 300 g/mol. The molecular formula is C15H12N2O3S. The molecule has 2 heterocycles. The van der Waals surface area contributed by atoms with Crippen molar-refractivity contribution in [2.45, 2.75) is 6.92 Å². The van der Waals surface area contributed by atoms with E-state index in [9.17, 15) is 9.59 Å². The molecule has 2 aromatic heterocycles. The number of hydrogen-bond acceptors (Lipinski definition) is 3. The van der Waals surface area contributed by atoms with E-state index in [1.807, 2.05) is 12.1 Å². The Labute approximate surface area is 124 Å². The fraction of sp³-hybridized carbons (Fsp3) is 0.0667. The Morgan fingerprint density at radius 2 is 2.05 bits per heavy atom. The number of carboxylic acids is 1. The molecule has 6 heteroatoms. The van der Waals surface area contributed by atoms with Gasteiger partial charge in [0.25, 0.3) is 5.91 Å². The highest BCUT2D eigenvalue weighted by atomic mass is 32.1. The highest BCUT2D eigenvalue weighted by molar-refractivity contribution is 7.16. The van der Waals surface area contributed by atoms with Crippen LogP contribution in [0.15, 0.2) is 36.5 Å². The number of amides is 1. The number of aromatic amines is 1. The van der Waals surface area contributed by atoms with E-state index in [-0.39, 0.29) is 11.5 Å². The molecule has 0 aliphatic carbocycles. The third-order valence-electron chi connectivity index (χ3n) is 3.15. The van der Waals surface area contributed by atoms with E-state index in [1.54, 1.807) is 31.3 Å². The number of fused-ring (bicyclic) bond motifs is 1.